The van der Waals surface area contributed by atoms with Crippen molar-refractivity contribution in [2.45, 2.75) is 44.8 Å². The highest BCUT2D eigenvalue weighted by Crippen LogP contribution is 2.47. The number of benzene rings is 1. The largest absolute Gasteiger partial charge is 0.483 e. The van der Waals surface area contributed by atoms with Crippen molar-refractivity contribution in [3.05, 3.63) is 47.0 Å². The molecule has 27 heavy (non-hydrogen) atoms. The van der Waals surface area contributed by atoms with Gasteiger partial charge in [-0.05, 0) is 49.3 Å². The topological polar surface area (TPSA) is 66.8 Å². The maximum absolute atomic E-state index is 13.9. The molecule has 1 aliphatic carbocycles. The van der Waals surface area contributed by atoms with Gasteiger partial charge in [-0.2, -0.15) is 0 Å². The number of aliphatic hydroxyl groups excluding tert-OH is 1. The van der Waals surface area contributed by atoms with Crippen LogP contribution in [0.2, 0.25) is 0 Å². The minimum Gasteiger partial charge on any atom is -0.483 e. The normalized spacial score (nSPS) is 30.3. The minimum absolute atomic E-state index is 0.0399. The molecule has 1 fully saturated rings. The fraction of sp³-hybridized carbons (Fsp3) is 0.524. The number of carbonyl (C=O) groups excluding carboxylic acids is 2. The van der Waals surface area contributed by atoms with Crippen molar-refractivity contribution in [2.75, 3.05) is 13.2 Å². The van der Waals surface area contributed by atoms with Crippen molar-refractivity contribution < 1.29 is 23.8 Å². The Hall–Kier alpha value is -2.21. The number of aliphatic hydroxyl groups is 1. The summed E-state index contributed by atoms with van der Waals surface area (Å²) in [6.07, 6.45) is 2.63. The van der Waals surface area contributed by atoms with E-state index in [9.17, 15) is 19.1 Å². The van der Waals surface area contributed by atoms with Gasteiger partial charge >= 0.3 is 0 Å². The summed E-state index contributed by atoms with van der Waals surface area (Å²) in [7, 11) is 0. The predicted octanol–water partition coefficient (Wildman–Crippen LogP) is 2.75. The van der Waals surface area contributed by atoms with E-state index in [1.54, 1.807) is 12.1 Å². The first-order valence-electron chi connectivity index (χ1n) is 9.63. The molecule has 0 saturated heterocycles. The first-order valence-corrected chi connectivity index (χ1v) is 9.63. The molecule has 144 valence electrons. The number of hydrogen-bond donors (Lipinski definition) is 1. The highest BCUT2D eigenvalue weighted by molar-refractivity contribution is 6.11. The molecule has 2 aliphatic heterocycles. The Morgan fingerprint density at radius 3 is 2.85 bits per heavy atom. The molecule has 0 radical (unpaired) electrons. The fourth-order valence-electron chi connectivity index (χ4n) is 4.62. The number of ketones is 1. The van der Waals surface area contributed by atoms with Gasteiger partial charge in [0.05, 0.1) is 17.5 Å². The van der Waals surface area contributed by atoms with E-state index >= 15 is 0 Å². The summed E-state index contributed by atoms with van der Waals surface area (Å²) in [4.78, 5) is 27.9. The number of hydrogen-bond acceptors (Lipinski definition) is 4. The van der Waals surface area contributed by atoms with E-state index in [1.807, 2.05) is 0 Å². The molecule has 1 N–H and O–H groups in total. The van der Waals surface area contributed by atoms with Gasteiger partial charge in [0.25, 0.3) is 5.91 Å². The third kappa shape index (κ3) is 3.06. The Kier molecular flexibility index (Phi) is 4.76. The third-order valence-corrected chi connectivity index (χ3v) is 5.93. The predicted molar refractivity (Wildman–Crippen MR) is 96.0 cm³/mol. The molecule has 4 atom stereocenters. The summed E-state index contributed by atoms with van der Waals surface area (Å²) in [5.74, 6) is -0.460. The van der Waals surface area contributed by atoms with E-state index in [0.717, 1.165) is 19.3 Å². The van der Waals surface area contributed by atoms with Crippen LogP contribution in [0.1, 0.15) is 44.2 Å². The van der Waals surface area contributed by atoms with E-state index in [2.05, 4.69) is 6.92 Å². The number of halogens is 1. The minimum atomic E-state index is -0.652. The maximum atomic E-state index is 13.9. The van der Waals surface area contributed by atoms with Crippen molar-refractivity contribution in [1.29, 1.82) is 0 Å². The average molecular weight is 373 g/mol. The number of nitrogens with zero attached hydrogens (tertiary/aromatic N) is 1. The number of rotatable bonds is 4. The Morgan fingerprint density at radius 2 is 2.11 bits per heavy atom. The van der Waals surface area contributed by atoms with Crippen molar-refractivity contribution in [3.8, 4) is 0 Å². The summed E-state index contributed by atoms with van der Waals surface area (Å²) >= 11 is 0. The molecule has 0 aromatic heterocycles. The number of ether oxygens (including phenoxy) is 1. The molecular weight excluding hydrogens is 349 g/mol. The molecule has 1 aromatic carbocycles. The lowest BCUT2D eigenvalue weighted by Crippen LogP contribution is -2.41. The van der Waals surface area contributed by atoms with Crippen LogP contribution < -0.4 is 0 Å². The molecule has 1 aromatic rings. The summed E-state index contributed by atoms with van der Waals surface area (Å²) in [6.45, 7) is 2.35. The summed E-state index contributed by atoms with van der Waals surface area (Å²) in [6, 6.07) is 5.36. The smallest absolute Gasteiger partial charge is 0.290 e. The van der Waals surface area contributed by atoms with Gasteiger partial charge in [0.15, 0.2) is 11.5 Å². The van der Waals surface area contributed by atoms with Gasteiger partial charge in [0.2, 0.25) is 0 Å². The van der Waals surface area contributed by atoms with Crippen LogP contribution in [0.25, 0.3) is 0 Å². The first kappa shape index (κ1) is 18.2. The van der Waals surface area contributed by atoms with E-state index in [1.165, 1.54) is 17.0 Å². The molecule has 6 heteroatoms. The highest BCUT2D eigenvalue weighted by Gasteiger charge is 2.52. The van der Waals surface area contributed by atoms with Crippen LogP contribution in [0.15, 0.2) is 35.6 Å². The van der Waals surface area contributed by atoms with Crippen molar-refractivity contribution in [2.24, 2.45) is 11.8 Å². The molecule has 2 heterocycles. The zero-order valence-corrected chi connectivity index (χ0v) is 15.4. The lowest BCUT2D eigenvalue weighted by molar-refractivity contribution is -0.136. The summed E-state index contributed by atoms with van der Waals surface area (Å²) < 4.78 is 19.9. The number of fused-ring (bicyclic) bond motifs is 1. The Bertz CT molecular complexity index is 805. The van der Waals surface area contributed by atoms with Crippen LogP contribution >= 0.6 is 0 Å². The second-order valence-corrected chi connectivity index (χ2v) is 7.82. The highest BCUT2D eigenvalue weighted by atomic mass is 19.1. The number of carbonyl (C=O) groups is 2. The van der Waals surface area contributed by atoms with Gasteiger partial charge in [-0.15, -0.1) is 0 Å². The number of Topliss-reactive ketones (excluding diaryl/α,β-unsaturated/α-hetero) is 1. The van der Waals surface area contributed by atoms with Gasteiger partial charge in [0, 0.05) is 13.2 Å². The lowest BCUT2D eigenvalue weighted by atomic mass is 9.74. The van der Waals surface area contributed by atoms with Crippen molar-refractivity contribution in [1.82, 2.24) is 4.90 Å². The van der Waals surface area contributed by atoms with Crippen LogP contribution in [0.5, 0.6) is 0 Å². The van der Waals surface area contributed by atoms with E-state index in [-0.39, 0.29) is 42.6 Å². The van der Waals surface area contributed by atoms with Crippen LogP contribution in [-0.2, 0) is 14.3 Å². The van der Waals surface area contributed by atoms with Crippen molar-refractivity contribution in [3.63, 3.8) is 0 Å². The second-order valence-electron chi connectivity index (χ2n) is 7.82. The molecule has 3 aliphatic rings. The van der Waals surface area contributed by atoms with Crippen LogP contribution in [-0.4, -0.2) is 41.0 Å². The van der Waals surface area contributed by atoms with Crippen LogP contribution in [0.3, 0.4) is 0 Å². The van der Waals surface area contributed by atoms with Gasteiger partial charge < -0.3 is 14.7 Å². The van der Waals surface area contributed by atoms with Gasteiger partial charge in [-0.3, -0.25) is 9.59 Å². The monoisotopic (exact) mass is 373 g/mol. The average Bonchev–Trinajstić information content (AvgIpc) is 2.93. The Balaban J connectivity index is 1.77. The van der Waals surface area contributed by atoms with E-state index in [4.69, 9.17) is 4.74 Å². The summed E-state index contributed by atoms with van der Waals surface area (Å²) in [5.41, 5.74) is 0.921. The lowest BCUT2D eigenvalue weighted by Gasteiger charge is -2.37. The Labute approximate surface area is 157 Å². The zero-order chi connectivity index (χ0) is 19.1. The van der Waals surface area contributed by atoms with Crippen LogP contribution in [0, 0.1) is 17.7 Å². The first-order chi connectivity index (χ1) is 13.0. The number of amides is 1. The van der Waals surface area contributed by atoms with Gasteiger partial charge in [0.1, 0.15) is 11.9 Å². The zero-order valence-electron chi connectivity index (χ0n) is 15.4. The summed E-state index contributed by atoms with van der Waals surface area (Å²) in [5, 5.41) is 9.21. The quantitative estimate of drug-likeness (QED) is 0.881. The van der Waals surface area contributed by atoms with Crippen molar-refractivity contribution >= 4 is 11.7 Å². The van der Waals surface area contributed by atoms with Crippen LogP contribution in [0.4, 0.5) is 4.39 Å². The molecule has 0 bridgehead atoms. The molecule has 4 rings (SSSR count). The van der Waals surface area contributed by atoms with E-state index in [0.29, 0.717) is 23.5 Å². The van der Waals surface area contributed by atoms with E-state index < -0.39 is 11.9 Å². The molecule has 5 nitrogen and oxygen atoms in total. The second kappa shape index (κ2) is 7.08. The molecular formula is C21H24FNO4. The SMILES string of the molecule is CC1CCC2OC3=C(C(=O)C2C1)C(c1cccc(F)c1)N(CCCO)C3=O. The molecule has 4 unspecified atom stereocenters. The maximum Gasteiger partial charge on any atom is 0.290 e. The van der Waals surface area contributed by atoms with Gasteiger partial charge in [-0.1, -0.05) is 19.1 Å². The fourth-order valence-corrected chi connectivity index (χ4v) is 4.62. The Morgan fingerprint density at radius 1 is 1.30 bits per heavy atom. The molecule has 1 amide bonds. The van der Waals surface area contributed by atoms with Gasteiger partial charge in [-0.25, -0.2) is 4.39 Å². The molecule has 0 spiro atoms. The molecule has 1 saturated carbocycles. The third-order valence-electron chi connectivity index (χ3n) is 5.93. The standard InChI is InChI=1S/C21H24FNO4/c1-12-6-7-16-15(10-12)19(25)17-18(13-4-2-5-14(22)11-13)23(8-3-9-24)21(26)20(17)27-16/h2,4-5,11-12,15-16,18,24H,3,6-10H2,1H3.